The topological polar surface area (TPSA) is 122 Å². The van der Waals surface area contributed by atoms with E-state index in [0.29, 0.717) is 5.56 Å². The van der Waals surface area contributed by atoms with Gasteiger partial charge in [-0.3, -0.25) is 4.79 Å². The van der Waals surface area contributed by atoms with Gasteiger partial charge in [-0.15, -0.1) is 0 Å². The summed E-state index contributed by atoms with van der Waals surface area (Å²) in [5.74, 6) is -2.20. The highest BCUT2D eigenvalue weighted by Gasteiger charge is 2.48. The van der Waals surface area contributed by atoms with E-state index < -0.39 is 47.6 Å². The van der Waals surface area contributed by atoms with Crippen LogP contribution in [0.4, 0.5) is 4.79 Å². The molecule has 0 aliphatic rings. The van der Waals surface area contributed by atoms with Gasteiger partial charge in [0.1, 0.15) is 12.2 Å². The van der Waals surface area contributed by atoms with E-state index in [9.17, 15) is 24.6 Å². The van der Waals surface area contributed by atoms with Crippen molar-refractivity contribution in [2.75, 3.05) is 0 Å². The van der Waals surface area contributed by atoms with Gasteiger partial charge in [0.2, 0.25) is 5.60 Å². The van der Waals surface area contributed by atoms with Crippen LogP contribution in [-0.4, -0.2) is 51.4 Å². The molecule has 0 bridgehead atoms. The summed E-state index contributed by atoms with van der Waals surface area (Å²) in [4.78, 5) is 37.1. The van der Waals surface area contributed by atoms with Crippen molar-refractivity contribution >= 4 is 17.8 Å². The number of hydrogen-bond acceptors (Lipinski definition) is 7. The first kappa shape index (κ1) is 23.6. The quantitative estimate of drug-likeness (QED) is 0.452. The number of esters is 1. The number of benzene rings is 1. The molecule has 2 unspecified atom stereocenters. The number of carbonyl (C=O) groups excluding carboxylic acids is 3. The molecule has 1 aromatic rings. The number of amides is 1. The van der Waals surface area contributed by atoms with Crippen molar-refractivity contribution in [1.29, 1.82) is 0 Å². The molecule has 28 heavy (non-hydrogen) atoms. The molecule has 0 saturated carbocycles. The lowest BCUT2D eigenvalue weighted by molar-refractivity contribution is -0.175. The van der Waals surface area contributed by atoms with E-state index >= 15 is 0 Å². The van der Waals surface area contributed by atoms with E-state index in [2.05, 4.69) is 5.32 Å². The monoisotopic (exact) mass is 395 g/mol. The number of aliphatic hydroxyl groups is 2. The molecule has 3 atom stereocenters. The molecule has 0 saturated heterocycles. The lowest BCUT2D eigenvalue weighted by atomic mass is 9.88. The molecule has 0 heterocycles. The standard InChI is InChI=1S/C20H29NO7/c1-13(22)11-20(26,17(24)27-12-15-9-7-6-8-10-15)16(23)14(2)21-18(25)28-19(3,4)5/h6-10,13-14,22,26H,11-12H2,1-5H3,(H,21,25)/t13?,14-,20?/m0/s1. The molecule has 0 radical (unpaired) electrons. The van der Waals surface area contributed by atoms with Crippen molar-refractivity contribution in [1.82, 2.24) is 5.32 Å². The zero-order valence-electron chi connectivity index (χ0n) is 16.9. The molecule has 0 fully saturated rings. The molecule has 8 nitrogen and oxygen atoms in total. The van der Waals surface area contributed by atoms with Crippen molar-refractivity contribution in [2.24, 2.45) is 0 Å². The van der Waals surface area contributed by atoms with Gasteiger partial charge in [0.05, 0.1) is 12.1 Å². The maximum atomic E-state index is 12.7. The van der Waals surface area contributed by atoms with E-state index in [1.165, 1.54) is 13.8 Å². The number of aliphatic hydroxyl groups excluding tert-OH is 1. The van der Waals surface area contributed by atoms with Gasteiger partial charge in [0.15, 0.2) is 5.78 Å². The van der Waals surface area contributed by atoms with Crippen molar-refractivity contribution in [3.05, 3.63) is 35.9 Å². The molecular weight excluding hydrogens is 366 g/mol. The lowest BCUT2D eigenvalue weighted by Crippen LogP contribution is -2.57. The third-order valence-corrected chi connectivity index (χ3v) is 3.68. The van der Waals surface area contributed by atoms with Gasteiger partial charge < -0.3 is 25.0 Å². The molecular formula is C20H29NO7. The van der Waals surface area contributed by atoms with Crippen LogP contribution >= 0.6 is 0 Å². The van der Waals surface area contributed by atoms with Crippen LogP contribution in [0.5, 0.6) is 0 Å². The predicted octanol–water partition coefficient (Wildman–Crippen LogP) is 1.71. The molecule has 0 aromatic heterocycles. The van der Waals surface area contributed by atoms with Crippen LogP contribution in [0.2, 0.25) is 0 Å². The minimum absolute atomic E-state index is 0.150. The van der Waals surface area contributed by atoms with Gasteiger partial charge in [-0.25, -0.2) is 9.59 Å². The first-order valence-electron chi connectivity index (χ1n) is 9.00. The summed E-state index contributed by atoms with van der Waals surface area (Å²) < 4.78 is 10.2. The van der Waals surface area contributed by atoms with Crippen LogP contribution in [-0.2, 0) is 25.7 Å². The Morgan fingerprint density at radius 3 is 2.18 bits per heavy atom. The molecule has 3 N–H and O–H groups in total. The summed E-state index contributed by atoms with van der Waals surface area (Å²) in [7, 11) is 0. The zero-order valence-corrected chi connectivity index (χ0v) is 16.9. The SMILES string of the molecule is CC(O)CC(O)(C(=O)OCc1ccccc1)C(=O)[C@H](C)NC(=O)OC(C)(C)C. The zero-order chi connectivity index (χ0) is 21.5. The molecule has 0 aliphatic carbocycles. The van der Waals surface area contributed by atoms with Crippen LogP contribution in [0.3, 0.4) is 0 Å². The van der Waals surface area contributed by atoms with Gasteiger partial charge in [0.25, 0.3) is 0 Å². The molecule has 1 aromatic carbocycles. The average Bonchev–Trinajstić information content (AvgIpc) is 2.57. The summed E-state index contributed by atoms with van der Waals surface area (Å²) >= 11 is 0. The second kappa shape index (κ2) is 9.66. The fourth-order valence-electron chi connectivity index (χ4n) is 2.46. The largest absolute Gasteiger partial charge is 0.458 e. The molecule has 1 amide bonds. The first-order valence-corrected chi connectivity index (χ1v) is 9.00. The van der Waals surface area contributed by atoms with E-state index in [4.69, 9.17) is 9.47 Å². The summed E-state index contributed by atoms with van der Waals surface area (Å²) in [5.41, 5.74) is -2.72. The Kier molecular flexibility index (Phi) is 8.14. The smallest absolute Gasteiger partial charge is 0.408 e. The maximum Gasteiger partial charge on any atom is 0.408 e. The number of alkyl carbamates (subject to hydrolysis) is 1. The number of ketones is 1. The Labute approximate surface area is 164 Å². The van der Waals surface area contributed by atoms with E-state index in [0.717, 1.165) is 0 Å². The van der Waals surface area contributed by atoms with Crippen LogP contribution in [0.25, 0.3) is 0 Å². The van der Waals surface area contributed by atoms with Gasteiger partial charge >= 0.3 is 12.1 Å². The second-order valence-corrected chi connectivity index (χ2v) is 7.71. The minimum Gasteiger partial charge on any atom is -0.458 e. The number of carbonyl (C=O) groups is 3. The molecule has 1 rings (SSSR count). The molecule has 0 spiro atoms. The number of ether oxygens (including phenoxy) is 2. The van der Waals surface area contributed by atoms with Crippen molar-refractivity contribution < 1.29 is 34.1 Å². The predicted molar refractivity (Wildman–Crippen MR) is 101 cm³/mol. The van der Waals surface area contributed by atoms with E-state index in [1.54, 1.807) is 51.1 Å². The Hall–Kier alpha value is -2.45. The Bertz CT molecular complexity index is 682. The van der Waals surface area contributed by atoms with Crippen LogP contribution in [0.1, 0.15) is 46.6 Å². The summed E-state index contributed by atoms with van der Waals surface area (Å²) in [6.07, 6.45) is -2.60. The van der Waals surface area contributed by atoms with Crippen molar-refractivity contribution in [3.8, 4) is 0 Å². The number of Topliss-reactive ketones (excluding diaryl/α,β-unsaturated/α-hetero) is 1. The van der Waals surface area contributed by atoms with Gasteiger partial charge in [-0.2, -0.15) is 0 Å². The van der Waals surface area contributed by atoms with E-state index in [-0.39, 0.29) is 6.61 Å². The molecule has 156 valence electrons. The third kappa shape index (κ3) is 7.28. The minimum atomic E-state index is -2.61. The van der Waals surface area contributed by atoms with Gasteiger partial charge in [0, 0.05) is 6.42 Å². The highest BCUT2D eigenvalue weighted by atomic mass is 16.6. The normalized spacial score (nSPS) is 15.7. The molecule has 0 aliphatic heterocycles. The summed E-state index contributed by atoms with van der Waals surface area (Å²) in [5, 5.41) is 22.7. The fourth-order valence-corrected chi connectivity index (χ4v) is 2.46. The fraction of sp³-hybridized carbons (Fsp3) is 0.550. The Balaban J connectivity index is 2.89. The maximum absolute atomic E-state index is 12.7. The summed E-state index contributed by atoms with van der Waals surface area (Å²) in [6.45, 7) is 7.46. The third-order valence-electron chi connectivity index (χ3n) is 3.68. The molecule has 8 heteroatoms. The van der Waals surface area contributed by atoms with Gasteiger partial charge in [-0.1, -0.05) is 30.3 Å². The van der Waals surface area contributed by atoms with Crippen molar-refractivity contribution in [3.63, 3.8) is 0 Å². The highest BCUT2D eigenvalue weighted by molar-refractivity contribution is 6.09. The highest BCUT2D eigenvalue weighted by Crippen LogP contribution is 2.20. The average molecular weight is 395 g/mol. The lowest BCUT2D eigenvalue weighted by Gasteiger charge is -2.29. The number of nitrogens with one attached hydrogen (secondary N) is 1. The second-order valence-electron chi connectivity index (χ2n) is 7.71. The number of rotatable bonds is 8. The first-order chi connectivity index (χ1) is 12.8. The Morgan fingerprint density at radius 1 is 1.11 bits per heavy atom. The van der Waals surface area contributed by atoms with Crippen LogP contribution in [0, 0.1) is 0 Å². The van der Waals surface area contributed by atoms with Crippen LogP contribution < -0.4 is 5.32 Å². The van der Waals surface area contributed by atoms with Crippen LogP contribution in [0.15, 0.2) is 30.3 Å². The van der Waals surface area contributed by atoms with Gasteiger partial charge in [-0.05, 0) is 40.2 Å². The van der Waals surface area contributed by atoms with E-state index in [1.807, 2.05) is 0 Å². The van der Waals surface area contributed by atoms with Crippen molar-refractivity contribution in [2.45, 2.75) is 71.0 Å². The summed E-state index contributed by atoms with van der Waals surface area (Å²) in [6, 6.07) is 7.49. The Morgan fingerprint density at radius 2 is 1.68 bits per heavy atom. The number of hydrogen-bond donors (Lipinski definition) is 3.